The summed E-state index contributed by atoms with van der Waals surface area (Å²) in [6, 6.07) is 8.91. The van der Waals surface area contributed by atoms with Crippen LogP contribution in [0.5, 0.6) is 0 Å². The molecule has 0 amide bonds. The number of nitrogens with zero attached hydrogens (tertiary/aromatic N) is 1. The third kappa shape index (κ3) is 7.22. The van der Waals surface area contributed by atoms with E-state index in [1.165, 1.54) is 44.5 Å². The zero-order valence-corrected chi connectivity index (χ0v) is 24.4. The zero-order chi connectivity index (χ0) is 25.4. The Morgan fingerprint density at radius 2 is 0.912 bits per heavy atom. The van der Waals surface area contributed by atoms with Gasteiger partial charge in [-0.25, -0.2) is 0 Å². The Hall–Kier alpha value is -0.594. The first-order chi connectivity index (χ1) is 16.2. The van der Waals surface area contributed by atoms with Gasteiger partial charge in [-0.2, -0.15) is 0 Å². The van der Waals surface area contributed by atoms with Crippen LogP contribution in [0.4, 0.5) is 0 Å². The van der Waals surface area contributed by atoms with Crippen LogP contribution in [0.1, 0.15) is 98.1 Å². The average molecular weight is 553 g/mol. The maximum atomic E-state index is 6.85. The number of halogens is 2. The predicted octanol–water partition coefficient (Wildman–Crippen LogP) is 6.90. The molecular weight excluding hydrogens is 508 g/mol. The van der Waals surface area contributed by atoms with Crippen LogP contribution in [0.15, 0.2) is 24.3 Å². The van der Waals surface area contributed by atoms with Gasteiger partial charge in [0.15, 0.2) is 0 Å². The number of rotatable bonds is 13. The number of hydrogen-bond donors (Lipinski definition) is 2. The molecule has 0 bridgehead atoms. The standard InChI is InChI=1S/C28H44N3.2ClH.Co/c1-7-19-13-21(9-3)27(22(10-4)14-19)25(29)17-31-18-26(30)28-23(11-5)15-20(8-2)16-24(28)12-6;;;/h13-16,25-26H,7-12,17-18,29-30H2,1-6H3;2*1H;/q-1;;;+3/p-2. The molecule has 2 rings (SSSR count). The zero-order valence-electron chi connectivity index (χ0n) is 21.8. The first-order valence-electron chi connectivity index (χ1n) is 12.8. The van der Waals surface area contributed by atoms with Gasteiger partial charge in [-0.1, -0.05) is 0 Å². The summed E-state index contributed by atoms with van der Waals surface area (Å²) in [7, 11) is 13.1. The number of hydrogen-bond acceptors (Lipinski definition) is 3. The Morgan fingerprint density at radius 3 is 1.12 bits per heavy atom. The van der Waals surface area contributed by atoms with E-state index in [0.29, 0.717) is 13.1 Å². The van der Waals surface area contributed by atoms with E-state index >= 15 is 0 Å². The summed E-state index contributed by atoms with van der Waals surface area (Å²) >= 11 is -1.34. The monoisotopic (exact) mass is 551 g/mol. The number of benzene rings is 2. The molecule has 0 saturated heterocycles. The Labute approximate surface area is 221 Å². The second-order valence-corrected chi connectivity index (χ2v) is 12.6. The van der Waals surface area contributed by atoms with Crippen molar-refractivity contribution < 1.29 is 12.1 Å². The summed E-state index contributed by atoms with van der Waals surface area (Å²) in [6.07, 6.45) is 5.90. The molecule has 0 fully saturated rings. The van der Waals surface area contributed by atoms with Gasteiger partial charge in [0.25, 0.3) is 0 Å². The predicted molar refractivity (Wildman–Crippen MR) is 146 cm³/mol. The summed E-state index contributed by atoms with van der Waals surface area (Å²) in [5.41, 5.74) is 24.3. The molecule has 0 aliphatic carbocycles. The van der Waals surface area contributed by atoms with E-state index in [4.69, 9.17) is 31.8 Å². The van der Waals surface area contributed by atoms with Crippen molar-refractivity contribution in [3.8, 4) is 0 Å². The van der Waals surface area contributed by atoms with Crippen molar-refractivity contribution in [3.63, 3.8) is 0 Å². The molecule has 0 spiro atoms. The van der Waals surface area contributed by atoms with Crippen LogP contribution in [0, 0.1) is 0 Å². The van der Waals surface area contributed by atoms with Crippen molar-refractivity contribution in [1.82, 2.24) is 3.95 Å². The molecule has 0 heterocycles. The van der Waals surface area contributed by atoms with Gasteiger partial charge in [0.1, 0.15) is 0 Å². The summed E-state index contributed by atoms with van der Waals surface area (Å²) < 4.78 is 2.09. The third-order valence-corrected chi connectivity index (χ3v) is 9.03. The second-order valence-electron chi connectivity index (χ2n) is 8.95. The summed E-state index contributed by atoms with van der Waals surface area (Å²) in [5, 5.41) is 0. The Kier molecular flexibility index (Phi) is 12.4. The Balaban J connectivity index is 2.36. The van der Waals surface area contributed by atoms with E-state index in [9.17, 15) is 0 Å². The fraction of sp³-hybridized carbons (Fsp3) is 0.571. The van der Waals surface area contributed by atoms with Gasteiger partial charge in [-0.15, -0.1) is 0 Å². The van der Waals surface area contributed by atoms with E-state index in [1.54, 1.807) is 0 Å². The molecule has 2 unspecified atom stereocenters. The van der Waals surface area contributed by atoms with Crippen LogP contribution in [-0.4, -0.2) is 17.0 Å². The molecular formula is C28H44Cl2CoN3. The van der Waals surface area contributed by atoms with E-state index < -0.39 is 12.1 Å². The minimum absolute atomic E-state index is 0.163. The summed E-state index contributed by atoms with van der Waals surface area (Å²) in [5.74, 6) is 0. The van der Waals surface area contributed by atoms with Crippen molar-refractivity contribution in [1.29, 1.82) is 0 Å². The molecule has 0 radical (unpaired) electrons. The van der Waals surface area contributed by atoms with E-state index in [2.05, 4.69) is 69.8 Å². The quantitative estimate of drug-likeness (QED) is 0.284. The molecule has 3 nitrogen and oxygen atoms in total. The molecule has 2 atom stereocenters. The fourth-order valence-corrected chi connectivity index (χ4v) is 6.45. The Morgan fingerprint density at radius 1 is 0.618 bits per heavy atom. The molecule has 2 aromatic rings. The van der Waals surface area contributed by atoms with E-state index in [0.717, 1.165) is 38.5 Å². The van der Waals surface area contributed by atoms with Gasteiger partial charge in [-0.05, 0) is 0 Å². The normalized spacial score (nSPS) is 13.9. The van der Waals surface area contributed by atoms with Gasteiger partial charge < -0.3 is 0 Å². The molecule has 34 heavy (non-hydrogen) atoms. The number of nitrogens with two attached hydrogens (primary N) is 2. The fourth-order valence-electron chi connectivity index (χ4n) is 4.99. The van der Waals surface area contributed by atoms with Crippen molar-refractivity contribution in [3.05, 3.63) is 68.8 Å². The topological polar surface area (TPSA) is 55.3 Å². The first-order valence-corrected chi connectivity index (χ1v) is 16.1. The first kappa shape index (κ1) is 29.6. The minimum atomic E-state index is -1.34. The molecule has 4 N–H and O–H groups in total. The molecule has 0 aliphatic rings. The van der Waals surface area contributed by atoms with Crippen molar-refractivity contribution in [2.45, 2.75) is 92.2 Å². The molecule has 6 heteroatoms. The van der Waals surface area contributed by atoms with Crippen LogP contribution in [0.25, 0.3) is 0 Å². The SMILES string of the molecule is CCc1cc(CC)c(C(N)C[N](CC(N)c2c(CC)cc(CC)cc2CC)[Co]([Cl])[Cl])c(CC)c1. The molecule has 0 aromatic heterocycles. The van der Waals surface area contributed by atoms with Crippen molar-refractivity contribution in [2.24, 2.45) is 11.5 Å². The van der Waals surface area contributed by atoms with Crippen molar-refractivity contribution in [2.75, 3.05) is 13.1 Å². The van der Waals surface area contributed by atoms with Crippen LogP contribution in [0.2, 0.25) is 0 Å². The van der Waals surface area contributed by atoms with Gasteiger partial charge in [0.05, 0.1) is 0 Å². The van der Waals surface area contributed by atoms with Crippen LogP contribution in [-0.2, 0) is 50.6 Å². The van der Waals surface area contributed by atoms with Crippen LogP contribution < -0.4 is 11.5 Å². The van der Waals surface area contributed by atoms with Gasteiger partial charge in [-0.3, -0.25) is 0 Å². The van der Waals surface area contributed by atoms with Gasteiger partial charge in [0, 0.05) is 0 Å². The van der Waals surface area contributed by atoms with Crippen molar-refractivity contribution >= 4 is 20.3 Å². The summed E-state index contributed by atoms with van der Waals surface area (Å²) in [4.78, 5) is 0. The molecule has 2 aromatic carbocycles. The number of aryl methyl sites for hydroxylation is 6. The van der Waals surface area contributed by atoms with Crippen LogP contribution in [0.3, 0.4) is 0 Å². The third-order valence-electron chi connectivity index (χ3n) is 6.84. The van der Waals surface area contributed by atoms with E-state index in [-0.39, 0.29) is 12.1 Å². The second kappa shape index (κ2) is 14.2. The summed E-state index contributed by atoms with van der Waals surface area (Å²) in [6.45, 7) is 14.4. The molecule has 0 aliphatic heterocycles. The maximum absolute atomic E-state index is 6.85. The van der Waals surface area contributed by atoms with Crippen LogP contribution >= 0.6 is 20.3 Å². The average Bonchev–Trinajstić information content (AvgIpc) is 2.85. The molecule has 194 valence electrons. The Bertz CT molecular complexity index is 810. The van der Waals surface area contributed by atoms with E-state index in [1.807, 2.05) is 0 Å². The van der Waals surface area contributed by atoms with Gasteiger partial charge in [0.2, 0.25) is 0 Å². The van der Waals surface area contributed by atoms with Gasteiger partial charge >= 0.3 is 222 Å². The molecule has 0 saturated carbocycles.